The number of allylic oxidation sites excluding steroid dienone is 4. The Morgan fingerprint density at radius 3 is 2.35 bits per heavy atom. The monoisotopic (exact) mass is 359 g/mol. The molecule has 1 rings (SSSR count). The van der Waals surface area contributed by atoms with Gasteiger partial charge in [-0.15, -0.1) is 0 Å². The van der Waals surface area contributed by atoms with E-state index in [0.29, 0.717) is 6.61 Å². The van der Waals surface area contributed by atoms with Gasteiger partial charge in [0.15, 0.2) is 0 Å². The van der Waals surface area contributed by atoms with Crippen LogP contribution in [0.2, 0.25) is 0 Å². The van der Waals surface area contributed by atoms with E-state index in [0.717, 1.165) is 11.3 Å². The molecule has 4 nitrogen and oxygen atoms in total. The van der Waals surface area contributed by atoms with Crippen molar-refractivity contribution in [2.75, 3.05) is 7.11 Å². The van der Waals surface area contributed by atoms with Crippen molar-refractivity contribution in [2.24, 2.45) is 0 Å². The number of hydrogen-bond donors (Lipinski definition) is 2. The lowest BCUT2D eigenvalue weighted by molar-refractivity contribution is -0.108. The fraction of sp³-hybridized carbons (Fsp3) is 0.353. The van der Waals surface area contributed by atoms with Crippen LogP contribution >= 0.6 is 20.6 Å². The Hall–Kier alpha value is -1.03. The normalized spacial score (nSPS) is 12.3. The van der Waals surface area contributed by atoms with Crippen LogP contribution in [0.15, 0.2) is 53.6 Å². The van der Waals surface area contributed by atoms with Crippen molar-refractivity contribution in [3.8, 4) is 0 Å². The van der Waals surface area contributed by atoms with Crippen molar-refractivity contribution < 1.29 is 14.4 Å². The van der Waals surface area contributed by atoms with Crippen LogP contribution in [-0.4, -0.2) is 24.3 Å². The predicted molar refractivity (Wildman–Crippen MR) is 101 cm³/mol. The third kappa shape index (κ3) is 21.0. The molecule has 23 heavy (non-hydrogen) atoms. The first-order valence-corrected chi connectivity index (χ1v) is 8.42. The van der Waals surface area contributed by atoms with Crippen molar-refractivity contribution >= 4 is 26.8 Å². The number of carbonyl (C=O) groups is 1. The van der Waals surface area contributed by atoms with Crippen LogP contribution in [0.1, 0.15) is 26.3 Å². The van der Waals surface area contributed by atoms with E-state index in [1.165, 1.54) is 5.56 Å². The molecule has 0 heterocycles. The summed E-state index contributed by atoms with van der Waals surface area (Å²) in [6.45, 7) is 6.19. The molecule has 130 valence electrons. The summed E-state index contributed by atoms with van der Waals surface area (Å²) in [5.74, 6) is 0. The Labute approximate surface area is 146 Å². The quantitative estimate of drug-likeness (QED) is 0.454. The summed E-state index contributed by atoms with van der Waals surface area (Å²) in [6, 6.07) is 9.89. The third-order valence-corrected chi connectivity index (χ3v) is 2.88. The smallest absolute Gasteiger partial charge is 0.136 e. The molecule has 0 saturated heterocycles. The van der Waals surface area contributed by atoms with Gasteiger partial charge in [-0.25, -0.2) is 0 Å². The Bertz CT molecular complexity index is 435. The number of rotatable bonds is 6. The molecule has 0 fully saturated rings. The first kappa shape index (κ1) is 24.2. The van der Waals surface area contributed by atoms with Gasteiger partial charge in [-0.1, -0.05) is 54.1 Å². The molecular formula is C17H27ClNO3P. The molecule has 0 aromatic heterocycles. The Kier molecular flexibility index (Phi) is 20.0. The fourth-order valence-corrected chi connectivity index (χ4v) is 1.45. The lowest BCUT2D eigenvalue weighted by Gasteiger charge is -1.98. The summed E-state index contributed by atoms with van der Waals surface area (Å²) in [5.41, 5.74) is 1.22. The number of hydrogen-bond acceptors (Lipinski definition) is 4. The second kappa shape index (κ2) is 19.0. The summed E-state index contributed by atoms with van der Waals surface area (Å²) in [7, 11) is 1.37. The average Bonchev–Trinajstić information content (AvgIpc) is 2.55. The topological polar surface area (TPSA) is 58.6 Å². The van der Waals surface area contributed by atoms with Crippen LogP contribution in [0.5, 0.6) is 0 Å². The largest absolute Gasteiger partial charge is 0.380 e. The molecule has 1 aromatic rings. The zero-order chi connectivity index (χ0) is 17.9. The maximum atomic E-state index is 9.73. The van der Waals surface area contributed by atoms with E-state index in [2.05, 4.69) is 5.09 Å². The number of methoxy groups -OCH3 is 1. The zero-order valence-corrected chi connectivity index (χ0v) is 15.9. The molecule has 2 N–H and O–H groups in total. The molecule has 1 aromatic carbocycles. The first-order chi connectivity index (χ1) is 11.0. The van der Waals surface area contributed by atoms with Gasteiger partial charge in [0.25, 0.3) is 0 Å². The minimum absolute atomic E-state index is 0.219. The van der Waals surface area contributed by atoms with Gasteiger partial charge < -0.3 is 14.4 Å². The van der Waals surface area contributed by atoms with Gasteiger partial charge in [-0.3, -0.25) is 5.09 Å². The molecule has 0 bridgehead atoms. The summed E-state index contributed by atoms with van der Waals surface area (Å²) >= 11 is 5.47. The molecule has 0 radical (unpaired) electrons. The van der Waals surface area contributed by atoms with Gasteiger partial charge in [0.1, 0.15) is 6.29 Å². The predicted octanol–water partition coefficient (Wildman–Crippen LogP) is 4.20. The number of nitrogens with one attached hydrogen (secondary N) is 1. The number of halogens is 1. The summed E-state index contributed by atoms with van der Waals surface area (Å²) in [4.78, 5) is 17.9. The maximum Gasteiger partial charge on any atom is 0.136 e. The summed E-state index contributed by atoms with van der Waals surface area (Å²) in [6.07, 6.45) is 6.43. The van der Waals surface area contributed by atoms with Crippen LogP contribution < -0.4 is 5.09 Å². The van der Waals surface area contributed by atoms with Gasteiger partial charge in [-0.2, -0.15) is 0 Å². The first-order valence-electron chi connectivity index (χ1n) is 7.09. The average molecular weight is 360 g/mol. The van der Waals surface area contributed by atoms with Crippen molar-refractivity contribution in [3.05, 3.63) is 59.2 Å². The molecule has 2 atom stereocenters. The SMILES string of the molecule is C/C=C/C=C(\C)Cl.COCc1ccccc1.C[C@@H](C=O)NPO. The van der Waals surface area contributed by atoms with E-state index in [4.69, 9.17) is 21.2 Å². The molecule has 1 unspecified atom stereocenters. The van der Waals surface area contributed by atoms with Crippen LogP contribution in [0.3, 0.4) is 0 Å². The van der Waals surface area contributed by atoms with Gasteiger partial charge >= 0.3 is 0 Å². The lowest BCUT2D eigenvalue weighted by atomic mass is 10.2. The molecule has 0 saturated carbocycles. The maximum absolute atomic E-state index is 9.73. The Morgan fingerprint density at radius 2 is 2.04 bits per heavy atom. The van der Waals surface area contributed by atoms with Gasteiger partial charge in [0, 0.05) is 12.1 Å². The van der Waals surface area contributed by atoms with Crippen molar-refractivity contribution in [3.63, 3.8) is 0 Å². The molecular weight excluding hydrogens is 333 g/mol. The van der Waals surface area contributed by atoms with Crippen LogP contribution in [-0.2, 0) is 16.1 Å². The lowest BCUT2D eigenvalue weighted by Crippen LogP contribution is -2.18. The highest BCUT2D eigenvalue weighted by atomic mass is 35.5. The number of carbonyl (C=O) groups excluding carboxylic acids is 1. The van der Waals surface area contributed by atoms with Crippen LogP contribution in [0, 0.1) is 0 Å². The van der Waals surface area contributed by atoms with E-state index in [-0.39, 0.29) is 15.0 Å². The minimum atomic E-state index is -0.336. The van der Waals surface area contributed by atoms with Gasteiger partial charge in [0.2, 0.25) is 0 Å². The highest BCUT2D eigenvalue weighted by Crippen LogP contribution is 1.98. The second-order valence-electron chi connectivity index (χ2n) is 4.38. The highest BCUT2D eigenvalue weighted by Gasteiger charge is 1.91. The standard InChI is InChI=1S/C8H10O.C6H9Cl.C3H8NO2P/c1-9-7-8-5-3-2-4-6-8;1-3-4-5-6(2)7;1-3(2-5)4-7-6/h2-6H,7H2,1H3;3-5H,1-2H3;2-4,6-7H,1H3/b;4-3+,6-5+;/t;;3-/m..0/s1. The number of ether oxygens (including phenoxy) is 1. The van der Waals surface area contributed by atoms with E-state index in [9.17, 15) is 4.79 Å². The van der Waals surface area contributed by atoms with Gasteiger partial charge in [-0.05, 0) is 32.4 Å². The second-order valence-corrected chi connectivity index (χ2v) is 5.49. The molecule has 6 heteroatoms. The number of benzene rings is 1. The van der Waals surface area contributed by atoms with Crippen LogP contribution in [0.25, 0.3) is 0 Å². The molecule has 0 aliphatic heterocycles. The summed E-state index contributed by atoms with van der Waals surface area (Å²) < 4.78 is 4.93. The van der Waals surface area contributed by atoms with E-state index < -0.39 is 0 Å². The van der Waals surface area contributed by atoms with Crippen molar-refractivity contribution in [1.82, 2.24) is 5.09 Å². The Balaban J connectivity index is 0. The van der Waals surface area contributed by atoms with Crippen molar-refractivity contribution in [1.29, 1.82) is 0 Å². The summed E-state index contributed by atoms with van der Waals surface area (Å²) in [5, 5.41) is 3.33. The molecule has 0 aliphatic carbocycles. The molecule has 0 amide bonds. The van der Waals surface area contributed by atoms with E-state index >= 15 is 0 Å². The van der Waals surface area contributed by atoms with Crippen molar-refractivity contribution in [2.45, 2.75) is 33.4 Å². The Morgan fingerprint density at radius 1 is 1.43 bits per heavy atom. The van der Waals surface area contributed by atoms with Gasteiger partial charge in [0.05, 0.1) is 21.6 Å². The fourth-order valence-electron chi connectivity index (χ4n) is 1.11. The highest BCUT2D eigenvalue weighted by molar-refractivity contribution is 7.28. The molecule has 0 aliphatic rings. The minimum Gasteiger partial charge on any atom is -0.380 e. The third-order valence-electron chi connectivity index (χ3n) is 2.17. The zero-order valence-electron chi connectivity index (χ0n) is 14.1. The van der Waals surface area contributed by atoms with E-state index in [1.807, 2.05) is 62.4 Å². The molecule has 0 spiro atoms. The van der Waals surface area contributed by atoms with E-state index in [1.54, 1.807) is 14.0 Å². The van der Waals surface area contributed by atoms with Crippen LogP contribution in [0.4, 0.5) is 0 Å². The number of aldehydes is 1.